The number of aryl methyl sites for hydroxylation is 1. The summed E-state index contributed by atoms with van der Waals surface area (Å²) < 4.78 is 0. The van der Waals surface area contributed by atoms with Crippen molar-refractivity contribution in [3.05, 3.63) is 22.2 Å². The molecule has 1 fully saturated rings. The minimum atomic E-state index is -0.0769. The number of hydrogen-bond acceptors (Lipinski definition) is 4. The van der Waals surface area contributed by atoms with Crippen LogP contribution in [0.1, 0.15) is 19.2 Å². The molecule has 0 spiro atoms. The van der Waals surface area contributed by atoms with Gasteiger partial charge in [-0.2, -0.15) is 0 Å². The molecule has 5 heteroatoms. The Bertz CT molecular complexity index is 409. The van der Waals surface area contributed by atoms with Crippen LogP contribution in [0.4, 0.5) is 5.82 Å². The van der Waals surface area contributed by atoms with E-state index in [0.29, 0.717) is 11.9 Å². The van der Waals surface area contributed by atoms with Gasteiger partial charge in [0.2, 0.25) is 0 Å². The number of rotatable bonds is 3. The maximum absolute atomic E-state index is 11.4. The molecule has 1 aliphatic rings. The van der Waals surface area contributed by atoms with Crippen LogP contribution in [0.25, 0.3) is 0 Å². The Morgan fingerprint density at radius 3 is 3.00 bits per heavy atom. The Morgan fingerprint density at radius 2 is 2.44 bits per heavy atom. The number of anilines is 1. The van der Waals surface area contributed by atoms with E-state index in [4.69, 9.17) is 0 Å². The number of aromatic amines is 1. The number of hydrogen-bond donors (Lipinski definition) is 2. The molecule has 1 aromatic heterocycles. The summed E-state index contributed by atoms with van der Waals surface area (Å²) in [5.74, 6) is 1.46. The summed E-state index contributed by atoms with van der Waals surface area (Å²) in [5, 5.41) is 3.33. The van der Waals surface area contributed by atoms with Crippen molar-refractivity contribution in [1.29, 1.82) is 0 Å². The van der Waals surface area contributed by atoms with Crippen molar-refractivity contribution in [2.45, 2.75) is 26.3 Å². The van der Waals surface area contributed by atoms with Gasteiger partial charge in [0.15, 0.2) is 0 Å². The van der Waals surface area contributed by atoms with Gasteiger partial charge in [-0.15, -0.1) is 0 Å². The monoisotopic (exact) mass is 222 g/mol. The lowest BCUT2D eigenvalue weighted by molar-refractivity contribution is 0.637. The van der Waals surface area contributed by atoms with Gasteiger partial charge in [-0.1, -0.05) is 0 Å². The molecule has 2 N–H and O–H groups in total. The van der Waals surface area contributed by atoms with Crippen LogP contribution < -0.4 is 15.8 Å². The highest BCUT2D eigenvalue weighted by Gasteiger charge is 2.22. The molecule has 1 aliphatic heterocycles. The van der Waals surface area contributed by atoms with Crippen LogP contribution in [-0.4, -0.2) is 35.6 Å². The lowest BCUT2D eigenvalue weighted by Crippen LogP contribution is -2.38. The molecule has 2 heterocycles. The van der Waals surface area contributed by atoms with Crippen molar-refractivity contribution in [3.63, 3.8) is 0 Å². The first-order chi connectivity index (χ1) is 7.70. The molecule has 1 saturated heterocycles. The average Bonchev–Trinajstić information content (AvgIpc) is 2.70. The molecule has 1 atom stereocenters. The quantitative estimate of drug-likeness (QED) is 0.770. The normalized spacial score (nSPS) is 20.0. The summed E-state index contributed by atoms with van der Waals surface area (Å²) in [6.45, 7) is 6.80. The molecular formula is C11H18N4O. The van der Waals surface area contributed by atoms with Crippen LogP contribution in [-0.2, 0) is 0 Å². The zero-order chi connectivity index (χ0) is 11.5. The van der Waals surface area contributed by atoms with E-state index in [1.807, 2.05) is 6.92 Å². The fraction of sp³-hybridized carbons (Fsp3) is 0.636. The predicted octanol–water partition coefficient (Wildman–Crippen LogP) is 0.267. The van der Waals surface area contributed by atoms with E-state index in [-0.39, 0.29) is 5.56 Å². The van der Waals surface area contributed by atoms with Gasteiger partial charge in [-0.05, 0) is 26.8 Å². The van der Waals surface area contributed by atoms with Gasteiger partial charge in [0.25, 0.3) is 5.56 Å². The molecule has 1 aromatic rings. The molecule has 5 nitrogen and oxygen atoms in total. The Balaban J connectivity index is 2.28. The zero-order valence-electron chi connectivity index (χ0n) is 9.79. The molecular weight excluding hydrogens is 204 g/mol. The number of aromatic nitrogens is 2. The van der Waals surface area contributed by atoms with Crippen molar-refractivity contribution < 1.29 is 0 Å². The second kappa shape index (κ2) is 4.65. The third kappa shape index (κ3) is 2.24. The second-order valence-corrected chi connectivity index (χ2v) is 4.12. The maximum Gasteiger partial charge on any atom is 0.252 e. The first-order valence-electron chi connectivity index (χ1n) is 5.76. The van der Waals surface area contributed by atoms with Crippen molar-refractivity contribution in [1.82, 2.24) is 15.3 Å². The minimum absolute atomic E-state index is 0.0769. The zero-order valence-corrected chi connectivity index (χ0v) is 9.79. The Labute approximate surface area is 94.9 Å². The maximum atomic E-state index is 11.4. The van der Waals surface area contributed by atoms with E-state index < -0.39 is 0 Å². The minimum Gasteiger partial charge on any atom is -0.352 e. The highest BCUT2D eigenvalue weighted by molar-refractivity contribution is 5.39. The van der Waals surface area contributed by atoms with Crippen LogP contribution in [0.2, 0.25) is 0 Å². The first-order valence-corrected chi connectivity index (χ1v) is 5.76. The van der Waals surface area contributed by atoms with Gasteiger partial charge in [0, 0.05) is 25.2 Å². The van der Waals surface area contributed by atoms with E-state index in [1.165, 1.54) is 0 Å². The van der Waals surface area contributed by atoms with Crippen LogP contribution in [0.5, 0.6) is 0 Å². The van der Waals surface area contributed by atoms with E-state index >= 15 is 0 Å². The third-order valence-electron chi connectivity index (χ3n) is 2.96. The summed E-state index contributed by atoms with van der Waals surface area (Å²) in [6.07, 6.45) is 1.11. The Kier molecular flexibility index (Phi) is 3.24. The number of likely N-dealkylation sites (N-methyl/N-ethyl adjacent to an activating group) is 1. The molecule has 88 valence electrons. The summed E-state index contributed by atoms with van der Waals surface area (Å²) in [7, 11) is 0. The molecule has 16 heavy (non-hydrogen) atoms. The topological polar surface area (TPSA) is 61.0 Å². The lowest BCUT2D eigenvalue weighted by Gasteiger charge is -2.28. The van der Waals surface area contributed by atoms with Crippen molar-refractivity contribution in [2.24, 2.45) is 0 Å². The lowest BCUT2D eigenvalue weighted by atomic mass is 10.2. The Morgan fingerprint density at radius 1 is 1.62 bits per heavy atom. The fourth-order valence-electron chi connectivity index (χ4n) is 2.22. The van der Waals surface area contributed by atoms with Crippen molar-refractivity contribution in [3.8, 4) is 0 Å². The SMILES string of the molecule is CCN(c1cc(=O)[nH]c(C)n1)C1CCNC1. The van der Waals surface area contributed by atoms with Crippen molar-refractivity contribution in [2.75, 3.05) is 24.5 Å². The largest absolute Gasteiger partial charge is 0.352 e. The van der Waals surface area contributed by atoms with Gasteiger partial charge in [0.05, 0.1) is 0 Å². The summed E-state index contributed by atoms with van der Waals surface area (Å²) in [4.78, 5) is 20.7. The average molecular weight is 222 g/mol. The van der Waals surface area contributed by atoms with E-state index in [1.54, 1.807) is 6.07 Å². The van der Waals surface area contributed by atoms with E-state index in [2.05, 4.69) is 27.1 Å². The fourth-order valence-corrected chi connectivity index (χ4v) is 2.22. The number of H-pyrrole nitrogens is 1. The molecule has 0 aromatic carbocycles. The van der Waals surface area contributed by atoms with E-state index in [0.717, 1.165) is 31.9 Å². The van der Waals surface area contributed by atoms with Crippen LogP contribution >= 0.6 is 0 Å². The highest BCUT2D eigenvalue weighted by Crippen LogP contribution is 2.15. The first kappa shape index (κ1) is 11.1. The molecule has 0 amide bonds. The van der Waals surface area contributed by atoms with Gasteiger partial charge in [0.1, 0.15) is 11.6 Å². The number of nitrogens with one attached hydrogen (secondary N) is 2. The summed E-state index contributed by atoms with van der Waals surface area (Å²) >= 11 is 0. The van der Waals surface area contributed by atoms with Crippen LogP contribution in [0.15, 0.2) is 10.9 Å². The smallest absolute Gasteiger partial charge is 0.252 e. The standard InChI is InChI=1S/C11H18N4O/c1-3-15(9-4-5-12-7-9)10-6-11(16)14-8(2)13-10/h6,9,12H,3-5,7H2,1-2H3,(H,13,14,16). The van der Waals surface area contributed by atoms with Gasteiger partial charge in [-0.3, -0.25) is 4.79 Å². The Hall–Kier alpha value is -1.36. The highest BCUT2D eigenvalue weighted by atomic mass is 16.1. The molecule has 2 rings (SSSR count). The van der Waals surface area contributed by atoms with Crippen LogP contribution in [0.3, 0.4) is 0 Å². The molecule has 0 radical (unpaired) electrons. The molecule has 0 bridgehead atoms. The second-order valence-electron chi connectivity index (χ2n) is 4.12. The van der Waals surface area contributed by atoms with Gasteiger partial charge >= 0.3 is 0 Å². The predicted molar refractivity (Wildman–Crippen MR) is 63.9 cm³/mol. The summed E-state index contributed by atoms with van der Waals surface area (Å²) in [5.41, 5.74) is -0.0769. The third-order valence-corrected chi connectivity index (χ3v) is 2.96. The van der Waals surface area contributed by atoms with Gasteiger partial charge in [-0.25, -0.2) is 4.98 Å². The van der Waals surface area contributed by atoms with Gasteiger partial charge < -0.3 is 15.2 Å². The molecule has 0 aliphatic carbocycles. The molecule has 1 unspecified atom stereocenters. The molecule has 0 saturated carbocycles. The van der Waals surface area contributed by atoms with E-state index in [9.17, 15) is 4.79 Å². The van der Waals surface area contributed by atoms with Crippen molar-refractivity contribution >= 4 is 5.82 Å². The summed E-state index contributed by atoms with van der Waals surface area (Å²) in [6, 6.07) is 2.04. The van der Waals surface area contributed by atoms with Crippen LogP contribution in [0, 0.1) is 6.92 Å². The number of nitrogens with zero attached hydrogens (tertiary/aromatic N) is 2.